The summed E-state index contributed by atoms with van der Waals surface area (Å²) in [6.07, 6.45) is 0.881. The van der Waals surface area contributed by atoms with E-state index in [9.17, 15) is 9.18 Å². The number of hydrogen-bond acceptors (Lipinski definition) is 3. The van der Waals surface area contributed by atoms with Gasteiger partial charge >= 0.3 is 0 Å². The second-order valence-corrected chi connectivity index (χ2v) is 6.07. The molecule has 1 aromatic heterocycles. The lowest BCUT2D eigenvalue weighted by Crippen LogP contribution is -2.27. The summed E-state index contributed by atoms with van der Waals surface area (Å²) in [5, 5.41) is 0. The van der Waals surface area contributed by atoms with E-state index in [0.29, 0.717) is 6.54 Å². The topological polar surface area (TPSA) is 20.3 Å². The molecule has 2 aromatic rings. The predicted octanol–water partition coefficient (Wildman–Crippen LogP) is 3.44. The van der Waals surface area contributed by atoms with Crippen molar-refractivity contribution in [1.82, 2.24) is 0 Å². The van der Waals surface area contributed by atoms with Crippen LogP contribution in [0.5, 0.6) is 0 Å². The molecule has 4 heteroatoms. The van der Waals surface area contributed by atoms with Crippen molar-refractivity contribution in [3.05, 3.63) is 51.5 Å². The van der Waals surface area contributed by atoms with Crippen LogP contribution in [-0.4, -0.2) is 18.9 Å². The Bertz CT molecular complexity index is 635. The van der Waals surface area contributed by atoms with Gasteiger partial charge in [-0.05, 0) is 43.2 Å². The third kappa shape index (κ3) is 2.40. The van der Waals surface area contributed by atoms with Gasteiger partial charge in [-0.25, -0.2) is 4.39 Å². The monoisotopic (exact) mass is 275 g/mol. The van der Waals surface area contributed by atoms with Crippen LogP contribution in [-0.2, 0) is 6.42 Å². The van der Waals surface area contributed by atoms with Crippen LogP contribution in [0.15, 0.2) is 30.3 Å². The summed E-state index contributed by atoms with van der Waals surface area (Å²) in [5.41, 5.74) is 1.98. The normalized spacial score (nSPS) is 13.7. The lowest BCUT2D eigenvalue weighted by molar-refractivity contribution is 0.100. The lowest BCUT2D eigenvalue weighted by atomic mass is 10.1. The predicted molar refractivity (Wildman–Crippen MR) is 75.7 cm³/mol. The molecule has 0 radical (unpaired) electrons. The number of aryl methyl sites for hydroxylation is 1. The highest BCUT2D eigenvalue weighted by atomic mass is 32.1. The van der Waals surface area contributed by atoms with Crippen LogP contribution in [0.2, 0.25) is 0 Å². The summed E-state index contributed by atoms with van der Waals surface area (Å²) >= 11 is 1.51. The van der Waals surface area contributed by atoms with E-state index in [2.05, 4.69) is 0 Å². The lowest BCUT2D eigenvalue weighted by Gasteiger charge is -2.17. The molecule has 3 rings (SSSR count). The summed E-state index contributed by atoms with van der Waals surface area (Å²) in [6.45, 7) is 3.10. The van der Waals surface area contributed by atoms with Gasteiger partial charge < -0.3 is 4.90 Å². The standard InChI is InChI=1S/C15H14FNOS/c1-10-2-5-15(19-10)14(18)9-17-7-6-11-3-4-12(16)8-13(11)17/h2-5,8H,6-7,9H2,1H3. The molecular formula is C15H14FNOS. The average molecular weight is 275 g/mol. The minimum absolute atomic E-state index is 0.107. The Morgan fingerprint density at radius 2 is 2.21 bits per heavy atom. The zero-order chi connectivity index (χ0) is 13.4. The van der Waals surface area contributed by atoms with Crippen LogP contribution in [0.25, 0.3) is 0 Å². The molecule has 0 fully saturated rings. The van der Waals surface area contributed by atoms with Gasteiger partial charge in [0.05, 0.1) is 11.4 Å². The molecule has 98 valence electrons. The molecule has 2 nitrogen and oxygen atoms in total. The van der Waals surface area contributed by atoms with Gasteiger partial charge in [-0.2, -0.15) is 0 Å². The molecule has 0 bridgehead atoms. The largest absolute Gasteiger partial charge is 0.363 e. The van der Waals surface area contributed by atoms with Crippen LogP contribution in [0.4, 0.5) is 10.1 Å². The van der Waals surface area contributed by atoms with Gasteiger partial charge in [0.25, 0.3) is 0 Å². The Hall–Kier alpha value is -1.68. The van der Waals surface area contributed by atoms with Crippen LogP contribution in [0.1, 0.15) is 20.1 Å². The first-order valence-corrected chi connectivity index (χ1v) is 7.08. The number of rotatable bonds is 3. The molecule has 0 saturated carbocycles. The Balaban J connectivity index is 1.79. The van der Waals surface area contributed by atoms with Crippen LogP contribution in [0.3, 0.4) is 0 Å². The molecule has 1 aromatic carbocycles. The van der Waals surface area contributed by atoms with Crippen LogP contribution < -0.4 is 4.90 Å². The fourth-order valence-electron chi connectivity index (χ4n) is 2.42. The highest BCUT2D eigenvalue weighted by Crippen LogP contribution is 2.29. The quantitative estimate of drug-likeness (QED) is 0.800. The number of hydrogen-bond donors (Lipinski definition) is 0. The third-order valence-corrected chi connectivity index (χ3v) is 4.43. The molecule has 0 spiro atoms. The molecule has 0 N–H and O–H groups in total. The fraction of sp³-hybridized carbons (Fsp3) is 0.267. The maximum Gasteiger partial charge on any atom is 0.191 e. The Morgan fingerprint density at radius 3 is 2.95 bits per heavy atom. The van der Waals surface area contributed by atoms with Gasteiger partial charge in [0.15, 0.2) is 5.78 Å². The summed E-state index contributed by atoms with van der Waals surface area (Å²) < 4.78 is 13.3. The van der Waals surface area contributed by atoms with Crippen molar-refractivity contribution in [3.8, 4) is 0 Å². The molecule has 0 unspecified atom stereocenters. The second-order valence-electron chi connectivity index (χ2n) is 4.78. The molecule has 19 heavy (non-hydrogen) atoms. The number of fused-ring (bicyclic) bond motifs is 1. The first kappa shape index (κ1) is 12.4. The first-order chi connectivity index (χ1) is 9.13. The van der Waals surface area contributed by atoms with Gasteiger partial charge in [-0.1, -0.05) is 6.07 Å². The Labute approximate surface area is 115 Å². The number of Topliss-reactive ketones (excluding diaryl/α,β-unsaturated/α-hetero) is 1. The number of benzene rings is 1. The van der Waals surface area contributed by atoms with Gasteiger partial charge in [0.1, 0.15) is 5.82 Å². The van der Waals surface area contributed by atoms with Crippen molar-refractivity contribution in [3.63, 3.8) is 0 Å². The molecular weight excluding hydrogens is 261 g/mol. The van der Waals surface area contributed by atoms with E-state index in [1.165, 1.54) is 23.5 Å². The summed E-state index contributed by atoms with van der Waals surface area (Å²) in [7, 11) is 0. The molecule has 1 aliphatic heterocycles. The summed E-state index contributed by atoms with van der Waals surface area (Å²) in [6, 6.07) is 8.63. The summed E-state index contributed by atoms with van der Waals surface area (Å²) in [4.78, 5) is 16.1. The molecule has 0 atom stereocenters. The molecule has 0 saturated heterocycles. The highest BCUT2D eigenvalue weighted by molar-refractivity contribution is 7.14. The van der Waals surface area contributed by atoms with Gasteiger partial charge in [-0.3, -0.25) is 4.79 Å². The highest BCUT2D eigenvalue weighted by Gasteiger charge is 2.22. The van der Waals surface area contributed by atoms with E-state index in [1.807, 2.05) is 30.0 Å². The molecule has 0 amide bonds. The second kappa shape index (κ2) is 4.78. The first-order valence-electron chi connectivity index (χ1n) is 6.26. The van der Waals surface area contributed by atoms with Gasteiger partial charge in [-0.15, -0.1) is 11.3 Å². The van der Waals surface area contributed by atoms with Gasteiger partial charge in [0, 0.05) is 17.1 Å². The van der Waals surface area contributed by atoms with Crippen molar-refractivity contribution in [1.29, 1.82) is 0 Å². The number of carbonyl (C=O) groups excluding carboxylic acids is 1. The van der Waals surface area contributed by atoms with Crippen LogP contribution in [0, 0.1) is 12.7 Å². The Morgan fingerprint density at radius 1 is 1.37 bits per heavy atom. The third-order valence-electron chi connectivity index (χ3n) is 3.39. The molecule has 1 aliphatic rings. The SMILES string of the molecule is Cc1ccc(C(=O)CN2CCc3ccc(F)cc32)s1. The number of halogens is 1. The minimum Gasteiger partial charge on any atom is -0.363 e. The average Bonchev–Trinajstić information content (AvgIpc) is 2.97. The fourth-order valence-corrected chi connectivity index (χ4v) is 3.22. The van der Waals surface area contributed by atoms with Crippen molar-refractivity contribution < 1.29 is 9.18 Å². The van der Waals surface area contributed by atoms with E-state index in [4.69, 9.17) is 0 Å². The number of ketones is 1. The number of anilines is 1. The summed E-state index contributed by atoms with van der Waals surface area (Å²) in [5.74, 6) is -0.139. The maximum absolute atomic E-state index is 13.3. The number of nitrogens with zero attached hydrogens (tertiary/aromatic N) is 1. The van der Waals surface area contributed by atoms with Crippen molar-refractivity contribution >= 4 is 22.8 Å². The smallest absolute Gasteiger partial charge is 0.191 e. The Kier molecular flexibility index (Phi) is 3.11. The number of carbonyl (C=O) groups is 1. The van der Waals surface area contributed by atoms with Crippen molar-refractivity contribution in [2.24, 2.45) is 0 Å². The van der Waals surface area contributed by atoms with Gasteiger partial charge in [0.2, 0.25) is 0 Å². The van der Waals surface area contributed by atoms with E-state index in [-0.39, 0.29) is 11.6 Å². The molecule has 0 aliphatic carbocycles. The molecule has 2 heterocycles. The minimum atomic E-state index is -0.245. The van der Waals surface area contributed by atoms with E-state index in [1.54, 1.807) is 0 Å². The van der Waals surface area contributed by atoms with E-state index in [0.717, 1.165) is 34.0 Å². The van der Waals surface area contributed by atoms with Crippen molar-refractivity contribution in [2.45, 2.75) is 13.3 Å². The van der Waals surface area contributed by atoms with Crippen LogP contribution >= 0.6 is 11.3 Å². The zero-order valence-corrected chi connectivity index (χ0v) is 11.5. The maximum atomic E-state index is 13.3. The zero-order valence-electron chi connectivity index (χ0n) is 10.6. The van der Waals surface area contributed by atoms with E-state index < -0.39 is 0 Å². The van der Waals surface area contributed by atoms with E-state index >= 15 is 0 Å². The number of thiophene rings is 1. The van der Waals surface area contributed by atoms with Crippen molar-refractivity contribution in [2.75, 3.05) is 18.0 Å².